The second-order valence-electron chi connectivity index (χ2n) is 6.04. The summed E-state index contributed by atoms with van der Waals surface area (Å²) in [6, 6.07) is 6.07. The van der Waals surface area contributed by atoms with Crippen molar-refractivity contribution in [2.45, 2.75) is 38.3 Å². The van der Waals surface area contributed by atoms with Gasteiger partial charge in [-0.15, -0.1) is 0 Å². The zero-order valence-corrected chi connectivity index (χ0v) is 12.0. The summed E-state index contributed by atoms with van der Waals surface area (Å²) >= 11 is 0. The summed E-state index contributed by atoms with van der Waals surface area (Å²) in [5.74, 6) is 0.0303. The van der Waals surface area contributed by atoms with Gasteiger partial charge in [0, 0.05) is 30.9 Å². The molecule has 2 aliphatic rings. The standard InChI is InChI=1S/C16H22N2O2/c1-16(5-8-20-9-6-16)18-15(19)13-3-2-12-4-7-17-11-14(12)10-13/h2-3,10,17H,4-9,11H2,1H3,(H,18,19). The van der Waals surface area contributed by atoms with Crippen molar-refractivity contribution in [1.82, 2.24) is 10.6 Å². The summed E-state index contributed by atoms with van der Waals surface area (Å²) in [6.07, 6.45) is 2.81. The van der Waals surface area contributed by atoms with Crippen molar-refractivity contribution in [2.75, 3.05) is 19.8 Å². The van der Waals surface area contributed by atoms with Crippen molar-refractivity contribution in [3.8, 4) is 0 Å². The largest absolute Gasteiger partial charge is 0.381 e. The molecule has 4 nitrogen and oxygen atoms in total. The second-order valence-corrected chi connectivity index (χ2v) is 6.04. The van der Waals surface area contributed by atoms with E-state index in [4.69, 9.17) is 4.74 Å². The van der Waals surface area contributed by atoms with Crippen LogP contribution in [-0.2, 0) is 17.7 Å². The van der Waals surface area contributed by atoms with Gasteiger partial charge in [0.1, 0.15) is 0 Å². The van der Waals surface area contributed by atoms with Crippen molar-refractivity contribution in [3.05, 3.63) is 34.9 Å². The van der Waals surface area contributed by atoms with Crippen molar-refractivity contribution in [1.29, 1.82) is 0 Å². The molecule has 0 aliphatic carbocycles. The van der Waals surface area contributed by atoms with Crippen molar-refractivity contribution >= 4 is 5.91 Å². The Balaban J connectivity index is 1.73. The quantitative estimate of drug-likeness (QED) is 0.862. The van der Waals surface area contributed by atoms with E-state index in [9.17, 15) is 4.79 Å². The van der Waals surface area contributed by atoms with Crippen LogP contribution < -0.4 is 10.6 Å². The second kappa shape index (κ2) is 5.54. The molecular weight excluding hydrogens is 252 g/mol. The average molecular weight is 274 g/mol. The van der Waals surface area contributed by atoms with E-state index in [2.05, 4.69) is 23.6 Å². The van der Waals surface area contributed by atoms with Gasteiger partial charge in [0.05, 0.1) is 0 Å². The van der Waals surface area contributed by atoms with Gasteiger partial charge in [-0.2, -0.15) is 0 Å². The van der Waals surface area contributed by atoms with Crippen LogP contribution >= 0.6 is 0 Å². The molecule has 1 aromatic rings. The number of rotatable bonds is 2. The lowest BCUT2D eigenvalue weighted by Gasteiger charge is -2.34. The first-order valence-corrected chi connectivity index (χ1v) is 7.39. The topological polar surface area (TPSA) is 50.4 Å². The van der Waals surface area contributed by atoms with E-state index < -0.39 is 0 Å². The molecule has 0 spiro atoms. The third-order valence-electron chi connectivity index (χ3n) is 4.37. The first-order chi connectivity index (χ1) is 9.66. The van der Waals surface area contributed by atoms with Gasteiger partial charge in [-0.3, -0.25) is 4.79 Å². The molecule has 2 heterocycles. The minimum Gasteiger partial charge on any atom is -0.381 e. The van der Waals surface area contributed by atoms with Gasteiger partial charge < -0.3 is 15.4 Å². The fourth-order valence-corrected chi connectivity index (χ4v) is 2.91. The fourth-order valence-electron chi connectivity index (χ4n) is 2.91. The third kappa shape index (κ3) is 2.86. The molecule has 0 radical (unpaired) electrons. The Morgan fingerprint density at radius 3 is 2.90 bits per heavy atom. The molecule has 1 saturated heterocycles. The lowest BCUT2D eigenvalue weighted by molar-refractivity contribution is 0.0423. The zero-order valence-electron chi connectivity index (χ0n) is 12.0. The molecule has 0 bridgehead atoms. The number of carbonyl (C=O) groups is 1. The van der Waals surface area contributed by atoms with E-state index in [1.54, 1.807) is 0 Å². The number of hydrogen-bond donors (Lipinski definition) is 2. The predicted octanol–water partition coefficient (Wildman–Crippen LogP) is 1.63. The molecule has 2 N–H and O–H groups in total. The Hall–Kier alpha value is -1.39. The van der Waals surface area contributed by atoms with Crippen LogP contribution in [0.1, 0.15) is 41.3 Å². The molecule has 2 aliphatic heterocycles. The molecule has 3 rings (SSSR count). The van der Waals surface area contributed by atoms with Crippen molar-refractivity contribution in [2.24, 2.45) is 0 Å². The number of amides is 1. The van der Waals surface area contributed by atoms with Gasteiger partial charge in [-0.1, -0.05) is 6.07 Å². The fraction of sp³-hybridized carbons (Fsp3) is 0.562. The van der Waals surface area contributed by atoms with Gasteiger partial charge in [0.25, 0.3) is 5.91 Å². The molecule has 0 aromatic heterocycles. The Kier molecular flexibility index (Phi) is 3.76. The van der Waals surface area contributed by atoms with E-state index in [1.807, 2.05) is 12.1 Å². The normalized spacial score (nSPS) is 21.1. The molecule has 0 atom stereocenters. The number of ether oxygens (including phenoxy) is 1. The Labute approximate surface area is 119 Å². The number of fused-ring (bicyclic) bond motifs is 1. The maximum Gasteiger partial charge on any atom is 0.251 e. The minimum absolute atomic E-state index is 0.0303. The highest BCUT2D eigenvalue weighted by Crippen LogP contribution is 2.21. The maximum absolute atomic E-state index is 12.4. The van der Waals surface area contributed by atoms with Gasteiger partial charge >= 0.3 is 0 Å². The zero-order chi connectivity index (χ0) is 14.0. The molecule has 20 heavy (non-hydrogen) atoms. The summed E-state index contributed by atoms with van der Waals surface area (Å²) in [5.41, 5.74) is 3.24. The lowest BCUT2D eigenvalue weighted by Crippen LogP contribution is -2.49. The highest BCUT2D eigenvalue weighted by molar-refractivity contribution is 5.95. The van der Waals surface area contributed by atoms with Crippen molar-refractivity contribution in [3.63, 3.8) is 0 Å². The number of carbonyl (C=O) groups excluding carboxylic acids is 1. The SMILES string of the molecule is CC1(NC(=O)c2ccc3c(c2)CNCC3)CCOCC1. The first kappa shape index (κ1) is 13.6. The number of hydrogen-bond acceptors (Lipinski definition) is 3. The molecular formula is C16H22N2O2. The molecule has 1 aromatic carbocycles. The van der Waals surface area contributed by atoms with Crippen LogP contribution in [0.4, 0.5) is 0 Å². The highest BCUT2D eigenvalue weighted by Gasteiger charge is 2.29. The van der Waals surface area contributed by atoms with Crippen LogP contribution in [0.15, 0.2) is 18.2 Å². The van der Waals surface area contributed by atoms with E-state index in [1.165, 1.54) is 11.1 Å². The molecule has 0 saturated carbocycles. The summed E-state index contributed by atoms with van der Waals surface area (Å²) in [5, 5.41) is 6.53. The van der Waals surface area contributed by atoms with E-state index in [0.717, 1.165) is 51.1 Å². The number of nitrogens with one attached hydrogen (secondary N) is 2. The van der Waals surface area contributed by atoms with Crippen LogP contribution in [0, 0.1) is 0 Å². The summed E-state index contributed by atoms with van der Waals surface area (Å²) in [6.45, 7) is 5.45. The monoisotopic (exact) mass is 274 g/mol. The Bertz CT molecular complexity index is 507. The lowest BCUT2D eigenvalue weighted by atomic mass is 9.91. The van der Waals surface area contributed by atoms with Crippen LogP contribution in [0.2, 0.25) is 0 Å². The maximum atomic E-state index is 12.4. The van der Waals surface area contributed by atoms with Crippen LogP contribution in [-0.4, -0.2) is 31.2 Å². The van der Waals surface area contributed by atoms with Crippen LogP contribution in [0.5, 0.6) is 0 Å². The van der Waals surface area contributed by atoms with E-state index in [0.29, 0.717) is 0 Å². The molecule has 0 unspecified atom stereocenters. The van der Waals surface area contributed by atoms with Gasteiger partial charge in [0.2, 0.25) is 0 Å². The summed E-state index contributed by atoms with van der Waals surface area (Å²) < 4.78 is 5.37. The predicted molar refractivity (Wildman–Crippen MR) is 77.8 cm³/mol. The molecule has 108 valence electrons. The van der Waals surface area contributed by atoms with Crippen molar-refractivity contribution < 1.29 is 9.53 Å². The smallest absolute Gasteiger partial charge is 0.251 e. The average Bonchev–Trinajstić information content (AvgIpc) is 2.47. The van der Waals surface area contributed by atoms with Gasteiger partial charge in [0.15, 0.2) is 0 Å². The highest BCUT2D eigenvalue weighted by atomic mass is 16.5. The molecule has 4 heteroatoms. The molecule has 1 amide bonds. The van der Waals surface area contributed by atoms with Gasteiger partial charge in [-0.05, 0) is 56.0 Å². The van der Waals surface area contributed by atoms with Gasteiger partial charge in [-0.25, -0.2) is 0 Å². The third-order valence-corrected chi connectivity index (χ3v) is 4.37. The Morgan fingerprint density at radius 2 is 2.10 bits per heavy atom. The summed E-state index contributed by atoms with van der Waals surface area (Å²) in [4.78, 5) is 12.4. The first-order valence-electron chi connectivity index (χ1n) is 7.39. The van der Waals surface area contributed by atoms with E-state index >= 15 is 0 Å². The van der Waals surface area contributed by atoms with Crippen LogP contribution in [0.3, 0.4) is 0 Å². The molecule has 1 fully saturated rings. The van der Waals surface area contributed by atoms with E-state index in [-0.39, 0.29) is 11.4 Å². The summed E-state index contributed by atoms with van der Waals surface area (Å²) in [7, 11) is 0. The Morgan fingerprint density at radius 1 is 1.30 bits per heavy atom. The minimum atomic E-state index is -0.135. The number of benzene rings is 1. The van der Waals surface area contributed by atoms with Crippen LogP contribution in [0.25, 0.3) is 0 Å².